The van der Waals surface area contributed by atoms with E-state index in [9.17, 15) is 4.79 Å². The lowest BCUT2D eigenvalue weighted by Gasteiger charge is -2.14. The number of carbonyl (C=O) groups excluding carboxylic acids is 1. The van der Waals surface area contributed by atoms with Crippen LogP contribution in [0.4, 0.5) is 5.13 Å². The van der Waals surface area contributed by atoms with Gasteiger partial charge in [0.15, 0.2) is 17.1 Å². The highest BCUT2D eigenvalue weighted by Gasteiger charge is 2.18. The second kappa shape index (κ2) is 8.96. The third-order valence-electron chi connectivity index (χ3n) is 3.82. The van der Waals surface area contributed by atoms with Gasteiger partial charge < -0.3 is 9.30 Å². The molecule has 1 aromatic carbocycles. The van der Waals surface area contributed by atoms with Crippen LogP contribution < -0.4 is 10.1 Å². The molecule has 0 radical (unpaired) electrons. The van der Waals surface area contributed by atoms with Crippen molar-refractivity contribution in [2.75, 3.05) is 11.1 Å². The summed E-state index contributed by atoms with van der Waals surface area (Å²) >= 11 is 2.58. The maximum atomic E-state index is 12.0. The predicted molar refractivity (Wildman–Crippen MR) is 105 cm³/mol. The lowest BCUT2D eigenvalue weighted by atomic mass is 10.2. The largest absolute Gasteiger partial charge is 0.483 e. The molecule has 0 aliphatic rings. The van der Waals surface area contributed by atoms with E-state index in [1.165, 1.54) is 28.7 Å². The number of nitrogens with one attached hydrogen (secondary N) is 1. The second-order valence-corrected chi connectivity index (χ2v) is 7.51. The van der Waals surface area contributed by atoms with Crippen LogP contribution in [0.25, 0.3) is 0 Å². The molecule has 3 aromatic rings. The van der Waals surface area contributed by atoms with E-state index in [0.717, 1.165) is 12.2 Å². The number of hydrogen-bond acceptors (Lipinski definition) is 8. The summed E-state index contributed by atoms with van der Waals surface area (Å²) in [7, 11) is 1.86. The number of ether oxygens (including phenoxy) is 1. The van der Waals surface area contributed by atoms with Crippen LogP contribution in [0.5, 0.6) is 5.75 Å². The van der Waals surface area contributed by atoms with Crippen LogP contribution in [0, 0.1) is 0 Å². The minimum Gasteiger partial charge on any atom is -0.483 e. The van der Waals surface area contributed by atoms with Crippen LogP contribution in [-0.4, -0.2) is 36.6 Å². The number of amides is 1. The summed E-state index contributed by atoms with van der Waals surface area (Å²) in [5, 5.41) is 19.7. The Morgan fingerprint density at radius 3 is 2.74 bits per heavy atom. The van der Waals surface area contributed by atoms with Crippen molar-refractivity contribution in [3.8, 4) is 5.75 Å². The standard InChI is InChI=1S/C17H20N6O2S2/c1-4-12-5-7-13(8-6-12)25-11(2)15-20-22-17(23(15)3)26-9-14(24)19-16-21-18-10-27-16/h5-8,10-11H,4,9H2,1-3H3,(H,19,21,24). The van der Waals surface area contributed by atoms with Crippen LogP contribution >= 0.6 is 23.1 Å². The van der Waals surface area contributed by atoms with Crippen LogP contribution in [0.3, 0.4) is 0 Å². The Hall–Kier alpha value is -2.46. The van der Waals surface area contributed by atoms with Crippen molar-refractivity contribution < 1.29 is 9.53 Å². The first-order chi connectivity index (χ1) is 13.1. The number of anilines is 1. The van der Waals surface area contributed by atoms with E-state index in [-0.39, 0.29) is 17.8 Å². The number of nitrogens with zero attached hydrogens (tertiary/aromatic N) is 5. The molecule has 1 amide bonds. The molecule has 0 saturated carbocycles. The summed E-state index contributed by atoms with van der Waals surface area (Å²) in [4.78, 5) is 12.0. The molecule has 10 heteroatoms. The van der Waals surface area contributed by atoms with Gasteiger partial charge in [-0.15, -0.1) is 20.4 Å². The fraction of sp³-hybridized carbons (Fsp3) is 0.353. The highest BCUT2D eigenvalue weighted by molar-refractivity contribution is 7.99. The first kappa shape index (κ1) is 19.3. The molecule has 0 bridgehead atoms. The van der Waals surface area contributed by atoms with E-state index < -0.39 is 0 Å². The highest BCUT2D eigenvalue weighted by Crippen LogP contribution is 2.24. The van der Waals surface area contributed by atoms with Crippen molar-refractivity contribution in [2.45, 2.75) is 31.5 Å². The molecule has 27 heavy (non-hydrogen) atoms. The number of rotatable bonds is 8. The van der Waals surface area contributed by atoms with Crippen molar-refractivity contribution in [1.29, 1.82) is 0 Å². The summed E-state index contributed by atoms with van der Waals surface area (Å²) in [6.07, 6.45) is 0.728. The Balaban J connectivity index is 1.57. The molecular formula is C17H20N6O2S2. The van der Waals surface area contributed by atoms with E-state index in [1.54, 1.807) is 5.51 Å². The summed E-state index contributed by atoms with van der Waals surface area (Å²) in [6, 6.07) is 8.02. The fourth-order valence-corrected chi connectivity index (χ4v) is 3.56. The van der Waals surface area contributed by atoms with Gasteiger partial charge in [0.2, 0.25) is 11.0 Å². The highest BCUT2D eigenvalue weighted by atomic mass is 32.2. The third kappa shape index (κ3) is 5.04. The number of aryl methyl sites for hydroxylation is 1. The molecule has 0 aliphatic carbocycles. The summed E-state index contributed by atoms with van der Waals surface area (Å²) in [6.45, 7) is 4.04. The first-order valence-corrected chi connectivity index (χ1v) is 10.3. The summed E-state index contributed by atoms with van der Waals surface area (Å²) in [5.74, 6) is 1.52. The number of thioether (sulfide) groups is 1. The van der Waals surface area contributed by atoms with Crippen molar-refractivity contribution in [3.63, 3.8) is 0 Å². The lowest BCUT2D eigenvalue weighted by molar-refractivity contribution is -0.113. The van der Waals surface area contributed by atoms with Gasteiger partial charge in [0.1, 0.15) is 11.3 Å². The zero-order valence-corrected chi connectivity index (χ0v) is 16.9. The zero-order chi connectivity index (χ0) is 19.2. The average molecular weight is 405 g/mol. The lowest BCUT2D eigenvalue weighted by Crippen LogP contribution is -2.14. The monoisotopic (exact) mass is 404 g/mol. The maximum absolute atomic E-state index is 12.0. The Morgan fingerprint density at radius 2 is 2.07 bits per heavy atom. The van der Waals surface area contributed by atoms with Crippen molar-refractivity contribution >= 4 is 34.1 Å². The van der Waals surface area contributed by atoms with Gasteiger partial charge in [-0.3, -0.25) is 10.1 Å². The van der Waals surface area contributed by atoms with Gasteiger partial charge in [-0.2, -0.15) is 0 Å². The van der Waals surface area contributed by atoms with Gasteiger partial charge >= 0.3 is 0 Å². The normalized spacial score (nSPS) is 12.0. The number of aromatic nitrogens is 5. The van der Waals surface area contributed by atoms with Gasteiger partial charge in [-0.05, 0) is 31.0 Å². The van der Waals surface area contributed by atoms with Gasteiger partial charge in [-0.25, -0.2) is 0 Å². The SMILES string of the molecule is CCc1ccc(OC(C)c2nnc(SCC(=O)Nc3nncs3)n2C)cc1. The van der Waals surface area contributed by atoms with Crippen LogP contribution in [0.15, 0.2) is 34.9 Å². The van der Waals surface area contributed by atoms with Gasteiger partial charge in [0.05, 0.1) is 5.75 Å². The smallest absolute Gasteiger partial charge is 0.236 e. The number of hydrogen-bond donors (Lipinski definition) is 1. The fourth-order valence-electron chi connectivity index (χ4n) is 2.38. The van der Waals surface area contributed by atoms with E-state index in [4.69, 9.17) is 4.74 Å². The number of carbonyl (C=O) groups is 1. The van der Waals surface area contributed by atoms with Crippen molar-refractivity contribution in [3.05, 3.63) is 41.2 Å². The molecule has 0 spiro atoms. The van der Waals surface area contributed by atoms with E-state index in [2.05, 4.69) is 44.8 Å². The molecule has 142 valence electrons. The van der Waals surface area contributed by atoms with Crippen molar-refractivity contribution in [1.82, 2.24) is 25.0 Å². The van der Waals surface area contributed by atoms with Gasteiger partial charge in [-0.1, -0.05) is 42.2 Å². The molecule has 2 aromatic heterocycles. The van der Waals surface area contributed by atoms with E-state index >= 15 is 0 Å². The Morgan fingerprint density at radius 1 is 1.30 bits per heavy atom. The molecular weight excluding hydrogens is 384 g/mol. The summed E-state index contributed by atoms with van der Waals surface area (Å²) < 4.78 is 7.81. The Labute approximate surface area is 165 Å². The molecule has 8 nitrogen and oxygen atoms in total. The average Bonchev–Trinajstić information content (AvgIpc) is 3.30. The first-order valence-electron chi connectivity index (χ1n) is 8.40. The third-order valence-corrected chi connectivity index (χ3v) is 5.44. The Bertz CT molecular complexity index is 879. The number of benzene rings is 1. The summed E-state index contributed by atoms with van der Waals surface area (Å²) in [5.41, 5.74) is 2.83. The molecule has 1 atom stereocenters. The van der Waals surface area contributed by atoms with Crippen LogP contribution in [0.2, 0.25) is 0 Å². The predicted octanol–water partition coefficient (Wildman–Crippen LogP) is 3.10. The molecule has 1 N–H and O–H groups in total. The zero-order valence-electron chi connectivity index (χ0n) is 15.2. The van der Waals surface area contributed by atoms with Gasteiger partial charge in [0.25, 0.3) is 0 Å². The van der Waals surface area contributed by atoms with E-state index in [0.29, 0.717) is 16.1 Å². The molecule has 3 rings (SSSR count). The van der Waals surface area contributed by atoms with Gasteiger partial charge in [0, 0.05) is 7.05 Å². The van der Waals surface area contributed by atoms with E-state index in [1.807, 2.05) is 30.7 Å². The van der Waals surface area contributed by atoms with Crippen LogP contribution in [0.1, 0.15) is 31.3 Å². The molecule has 0 fully saturated rings. The quantitative estimate of drug-likeness (QED) is 0.576. The minimum atomic E-state index is -0.264. The second-order valence-electron chi connectivity index (χ2n) is 5.74. The molecule has 0 saturated heterocycles. The maximum Gasteiger partial charge on any atom is 0.236 e. The van der Waals surface area contributed by atoms with Crippen LogP contribution in [-0.2, 0) is 18.3 Å². The molecule has 1 unspecified atom stereocenters. The molecule has 2 heterocycles. The van der Waals surface area contributed by atoms with Crippen molar-refractivity contribution in [2.24, 2.45) is 7.05 Å². The topological polar surface area (TPSA) is 94.8 Å². The minimum absolute atomic E-state index is 0.165. The Kier molecular flexibility index (Phi) is 6.40. The molecule has 0 aliphatic heterocycles.